The molecule has 0 aliphatic rings. The average Bonchev–Trinajstić information content (AvgIpc) is 2.93. The Balaban J connectivity index is 1.96. The van der Waals surface area contributed by atoms with E-state index in [1.165, 1.54) is 18.5 Å². The highest BCUT2D eigenvalue weighted by atomic mass is 32.2. The van der Waals surface area contributed by atoms with Crippen LogP contribution in [0.25, 0.3) is 22.3 Å². The van der Waals surface area contributed by atoms with Crippen molar-refractivity contribution in [2.75, 3.05) is 0 Å². The number of hydrogen-bond acceptors (Lipinski definition) is 4. The van der Waals surface area contributed by atoms with E-state index >= 15 is 0 Å². The minimum absolute atomic E-state index is 0.192. The molecule has 3 aromatic rings. The number of nitrogens with two attached hydrogens (primary N) is 1. The van der Waals surface area contributed by atoms with Gasteiger partial charge < -0.3 is 4.98 Å². The van der Waals surface area contributed by atoms with Gasteiger partial charge in [0.25, 0.3) is 10.2 Å². The highest BCUT2D eigenvalue weighted by Gasteiger charge is 2.11. The molecule has 114 valence electrons. The molecular weight excluding hydrogens is 309 g/mol. The van der Waals surface area contributed by atoms with E-state index in [1.807, 2.05) is 4.72 Å². The molecule has 0 aliphatic carbocycles. The van der Waals surface area contributed by atoms with Gasteiger partial charge in [-0.3, -0.25) is 0 Å². The first-order chi connectivity index (χ1) is 10.4. The third-order valence-electron chi connectivity index (χ3n) is 3.14. The summed E-state index contributed by atoms with van der Waals surface area (Å²) >= 11 is 0. The number of benzene rings is 1. The number of fused-ring (bicyclic) bond motifs is 1. The van der Waals surface area contributed by atoms with E-state index in [1.54, 1.807) is 18.3 Å². The van der Waals surface area contributed by atoms with E-state index in [-0.39, 0.29) is 12.1 Å². The summed E-state index contributed by atoms with van der Waals surface area (Å²) in [5.74, 6) is -0.545. The molecule has 0 amide bonds. The molecule has 2 aromatic heterocycles. The van der Waals surface area contributed by atoms with Gasteiger partial charge in [0.15, 0.2) is 0 Å². The first kappa shape index (κ1) is 14.6. The van der Waals surface area contributed by atoms with Crippen molar-refractivity contribution in [1.82, 2.24) is 19.7 Å². The lowest BCUT2D eigenvalue weighted by molar-refractivity contribution is 0.576. The summed E-state index contributed by atoms with van der Waals surface area (Å²) in [5, 5.41) is 5.60. The van der Waals surface area contributed by atoms with Crippen LogP contribution in [0.3, 0.4) is 0 Å². The van der Waals surface area contributed by atoms with Crippen molar-refractivity contribution in [1.29, 1.82) is 0 Å². The van der Waals surface area contributed by atoms with Crippen molar-refractivity contribution in [3.8, 4) is 11.3 Å². The van der Waals surface area contributed by atoms with Gasteiger partial charge in [0.05, 0.1) is 5.69 Å². The summed E-state index contributed by atoms with van der Waals surface area (Å²) in [4.78, 5) is 11.2. The number of aromatic amines is 1. The SMILES string of the molecule is NS(=O)(=O)NCc1ccc(-c2ncnc3[nH]ccc23)cc1F. The van der Waals surface area contributed by atoms with Crippen molar-refractivity contribution >= 4 is 21.2 Å². The Morgan fingerprint density at radius 1 is 1.27 bits per heavy atom. The van der Waals surface area contributed by atoms with Gasteiger partial charge in [-0.1, -0.05) is 12.1 Å². The lowest BCUT2D eigenvalue weighted by atomic mass is 10.1. The first-order valence-electron chi connectivity index (χ1n) is 6.28. The fourth-order valence-corrected chi connectivity index (χ4v) is 2.48. The third-order valence-corrected chi connectivity index (χ3v) is 3.69. The standard InChI is InChI=1S/C13H12FN5O2S/c14-11-5-8(1-2-9(11)6-19-22(15,20)21)12-10-3-4-16-13(10)18-7-17-12/h1-5,7,19H,6H2,(H2,15,20,21)(H,16,17,18). The van der Waals surface area contributed by atoms with Crippen molar-refractivity contribution < 1.29 is 12.8 Å². The van der Waals surface area contributed by atoms with Gasteiger partial charge in [-0.15, -0.1) is 0 Å². The second kappa shape index (κ2) is 5.44. The zero-order chi connectivity index (χ0) is 15.7. The smallest absolute Gasteiger partial charge is 0.274 e. The molecule has 2 heterocycles. The summed E-state index contributed by atoms with van der Waals surface area (Å²) < 4.78 is 37.8. The van der Waals surface area contributed by atoms with Crippen molar-refractivity contribution in [2.45, 2.75) is 6.54 Å². The van der Waals surface area contributed by atoms with Crippen LogP contribution in [0.1, 0.15) is 5.56 Å². The number of rotatable bonds is 4. The van der Waals surface area contributed by atoms with Crippen LogP contribution in [0.4, 0.5) is 4.39 Å². The fourth-order valence-electron chi connectivity index (χ4n) is 2.12. The molecular formula is C13H12FN5O2S. The quantitative estimate of drug-likeness (QED) is 0.666. The maximum atomic E-state index is 14.1. The lowest BCUT2D eigenvalue weighted by Gasteiger charge is -2.07. The van der Waals surface area contributed by atoms with E-state index in [4.69, 9.17) is 5.14 Å². The second-order valence-electron chi connectivity index (χ2n) is 4.63. The Kier molecular flexibility index (Phi) is 3.61. The van der Waals surface area contributed by atoms with Gasteiger partial charge in [-0.2, -0.15) is 13.1 Å². The average molecular weight is 321 g/mol. The predicted molar refractivity (Wildman–Crippen MR) is 79.2 cm³/mol. The summed E-state index contributed by atoms with van der Waals surface area (Å²) in [7, 11) is -3.86. The van der Waals surface area contributed by atoms with Crippen LogP contribution in [0, 0.1) is 5.82 Å². The number of halogens is 1. The zero-order valence-corrected chi connectivity index (χ0v) is 12.1. The summed E-state index contributed by atoms with van der Waals surface area (Å²) in [6.07, 6.45) is 3.12. The normalized spacial score (nSPS) is 11.9. The molecule has 0 radical (unpaired) electrons. The van der Waals surface area contributed by atoms with Gasteiger partial charge >= 0.3 is 0 Å². The van der Waals surface area contributed by atoms with Crippen LogP contribution in [-0.2, 0) is 16.8 Å². The molecule has 1 aromatic carbocycles. The van der Waals surface area contributed by atoms with Crippen LogP contribution in [-0.4, -0.2) is 23.4 Å². The van der Waals surface area contributed by atoms with Crippen LogP contribution in [0.15, 0.2) is 36.8 Å². The van der Waals surface area contributed by atoms with Crippen LogP contribution in [0.5, 0.6) is 0 Å². The third kappa shape index (κ3) is 2.96. The molecule has 0 atom stereocenters. The maximum Gasteiger partial charge on any atom is 0.274 e. The molecule has 0 spiro atoms. The predicted octanol–water partition coefficient (Wildman–Crippen LogP) is 1.06. The Labute approximate surface area is 125 Å². The Morgan fingerprint density at radius 3 is 2.82 bits per heavy atom. The van der Waals surface area contributed by atoms with E-state index < -0.39 is 16.0 Å². The molecule has 9 heteroatoms. The highest BCUT2D eigenvalue weighted by Crippen LogP contribution is 2.26. The van der Waals surface area contributed by atoms with Crippen molar-refractivity contribution in [3.63, 3.8) is 0 Å². The lowest BCUT2D eigenvalue weighted by Crippen LogP contribution is -2.30. The second-order valence-corrected chi connectivity index (χ2v) is 6.01. The van der Waals surface area contributed by atoms with E-state index in [0.29, 0.717) is 16.9 Å². The highest BCUT2D eigenvalue weighted by molar-refractivity contribution is 7.87. The summed E-state index contributed by atoms with van der Waals surface area (Å²) in [6, 6.07) is 6.26. The van der Waals surface area contributed by atoms with Gasteiger partial charge in [0.2, 0.25) is 0 Å². The monoisotopic (exact) mass is 321 g/mol. The maximum absolute atomic E-state index is 14.1. The Morgan fingerprint density at radius 2 is 2.09 bits per heavy atom. The summed E-state index contributed by atoms with van der Waals surface area (Å²) in [6.45, 7) is -0.214. The number of aromatic nitrogens is 3. The molecule has 0 unspecified atom stereocenters. The minimum Gasteiger partial charge on any atom is -0.346 e. The van der Waals surface area contributed by atoms with E-state index in [0.717, 1.165) is 5.39 Å². The van der Waals surface area contributed by atoms with Gasteiger partial charge in [-0.25, -0.2) is 19.5 Å². The molecule has 0 saturated carbocycles. The van der Waals surface area contributed by atoms with Crippen LogP contribution < -0.4 is 9.86 Å². The molecule has 3 rings (SSSR count). The number of nitrogens with one attached hydrogen (secondary N) is 2. The largest absolute Gasteiger partial charge is 0.346 e. The van der Waals surface area contributed by atoms with E-state index in [2.05, 4.69) is 15.0 Å². The van der Waals surface area contributed by atoms with Gasteiger partial charge in [-0.05, 0) is 12.1 Å². The number of hydrogen-bond donors (Lipinski definition) is 3. The van der Waals surface area contributed by atoms with Crippen LogP contribution >= 0.6 is 0 Å². The molecule has 0 aliphatic heterocycles. The number of nitrogens with zero attached hydrogens (tertiary/aromatic N) is 2. The summed E-state index contributed by atoms with van der Waals surface area (Å²) in [5.41, 5.74) is 2.02. The van der Waals surface area contributed by atoms with Gasteiger partial charge in [0, 0.05) is 29.3 Å². The molecule has 0 fully saturated rings. The minimum atomic E-state index is -3.86. The zero-order valence-electron chi connectivity index (χ0n) is 11.2. The molecule has 0 saturated heterocycles. The Bertz CT molecular complexity index is 939. The molecule has 4 N–H and O–H groups in total. The van der Waals surface area contributed by atoms with Crippen molar-refractivity contribution in [3.05, 3.63) is 48.2 Å². The molecule has 7 nitrogen and oxygen atoms in total. The number of H-pyrrole nitrogens is 1. The fraction of sp³-hybridized carbons (Fsp3) is 0.0769. The Hall–Kier alpha value is -2.36. The topological polar surface area (TPSA) is 114 Å². The molecule has 0 bridgehead atoms. The molecule has 22 heavy (non-hydrogen) atoms. The van der Waals surface area contributed by atoms with Crippen molar-refractivity contribution in [2.24, 2.45) is 5.14 Å². The van der Waals surface area contributed by atoms with Crippen LogP contribution in [0.2, 0.25) is 0 Å². The van der Waals surface area contributed by atoms with E-state index in [9.17, 15) is 12.8 Å². The van der Waals surface area contributed by atoms with Gasteiger partial charge in [0.1, 0.15) is 17.8 Å². The first-order valence-corrected chi connectivity index (χ1v) is 7.83.